The van der Waals surface area contributed by atoms with E-state index in [-0.39, 0.29) is 6.10 Å². The predicted molar refractivity (Wildman–Crippen MR) is 71.3 cm³/mol. The second-order valence-corrected chi connectivity index (χ2v) is 4.07. The van der Waals surface area contributed by atoms with Crippen LogP contribution in [-0.2, 0) is 19.1 Å². The maximum absolute atomic E-state index is 11.7. The molecule has 0 N–H and O–H groups in total. The molecule has 0 heterocycles. The molecule has 2 atom stereocenters. The Morgan fingerprint density at radius 1 is 1.11 bits per heavy atom. The number of rotatable bonds is 5. The Balaban J connectivity index is 2.52. The van der Waals surface area contributed by atoms with Crippen LogP contribution < -0.4 is 0 Å². The van der Waals surface area contributed by atoms with Gasteiger partial charge in [0.2, 0.25) is 0 Å². The molecule has 1 aromatic rings. The summed E-state index contributed by atoms with van der Waals surface area (Å²) in [6.45, 7) is 4.96. The Morgan fingerprint density at radius 2 is 1.74 bits per heavy atom. The number of hydrogen-bond acceptors (Lipinski definition) is 4. The van der Waals surface area contributed by atoms with Crippen LogP contribution in [0.25, 0.3) is 0 Å². The fourth-order valence-electron chi connectivity index (χ4n) is 1.46. The lowest BCUT2D eigenvalue weighted by atomic mass is 10.1. The third-order valence-corrected chi connectivity index (χ3v) is 2.49. The average molecular weight is 262 g/mol. The molecule has 0 saturated heterocycles. The van der Waals surface area contributed by atoms with Gasteiger partial charge in [-0.05, 0) is 26.3 Å². The van der Waals surface area contributed by atoms with Crippen molar-refractivity contribution in [2.45, 2.75) is 33.0 Å². The minimum absolute atomic E-state index is 0.378. The first kappa shape index (κ1) is 15.0. The molecule has 4 nitrogen and oxygen atoms in total. The minimum atomic E-state index is -0.921. The van der Waals surface area contributed by atoms with Gasteiger partial charge in [-0.2, -0.15) is 0 Å². The smallest absolute Gasteiger partial charge is 0.347 e. The number of carbonyl (C=O) groups excluding carboxylic acids is 2. The van der Waals surface area contributed by atoms with Gasteiger partial charge in [0.15, 0.2) is 6.10 Å². The van der Waals surface area contributed by atoms with Gasteiger partial charge in [-0.15, -0.1) is 0 Å². The van der Waals surface area contributed by atoms with Crippen LogP contribution in [0.15, 0.2) is 42.5 Å². The molecule has 0 aliphatic heterocycles. The van der Waals surface area contributed by atoms with E-state index in [1.807, 2.05) is 30.3 Å². The van der Waals surface area contributed by atoms with Crippen LogP contribution in [0.1, 0.15) is 32.4 Å². The van der Waals surface area contributed by atoms with Crippen LogP contribution >= 0.6 is 0 Å². The largest absolute Gasteiger partial charge is 0.455 e. The Labute approximate surface area is 113 Å². The van der Waals surface area contributed by atoms with Gasteiger partial charge in [0.1, 0.15) is 6.10 Å². The van der Waals surface area contributed by atoms with Gasteiger partial charge < -0.3 is 9.47 Å². The summed E-state index contributed by atoms with van der Waals surface area (Å²) >= 11 is 0. The lowest BCUT2D eigenvalue weighted by Crippen LogP contribution is -2.26. The van der Waals surface area contributed by atoms with E-state index < -0.39 is 18.0 Å². The van der Waals surface area contributed by atoms with E-state index in [4.69, 9.17) is 9.47 Å². The summed E-state index contributed by atoms with van der Waals surface area (Å²) in [6, 6.07) is 9.37. The van der Waals surface area contributed by atoms with Crippen molar-refractivity contribution in [3.63, 3.8) is 0 Å². The molecule has 0 aromatic heterocycles. The lowest BCUT2D eigenvalue weighted by molar-refractivity contribution is -0.167. The van der Waals surface area contributed by atoms with Crippen LogP contribution in [0.4, 0.5) is 0 Å². The van der Waals surface area contributed by atoms with E-state index in [2.05, 4.69) is 0 Å². The number of benzene rings is 1. The topological polar surface area (TPSA) is 52.6 Å². The number of carbonyl (C=O) groups is 2. The minimum Gasteiger partial charge on any atom is -0.455 e. The third kappa shape index (κ3) is 4.95. The first-order valence-electron chi connectivity index (χ1n) is 6.13. The average Bonchev–Trinajstić information content (AvgIpc) is 2.39. The summed E-state index contributed by atoms with van der Waals surface area (Å²) < 4.78 is 10.1. The Morgan fingerprint density at radius 3 is 2.32 bits per heavy atom. The van der Waals surface area contributed by atoms with E-state index in [0.717, 1.165) is 5.56 Å². The summed E-state index contributed by atoms with van der Waals surface area (Å²) in [4.78, 5) is 22.9. The molecule has 0 radical (unpaired) electrons. The van der Waals surface area contributed by atoms with Crippen LogP contribution in [0.5, 0.6) is 0 Å². The summed E-state index contributed by atoms with van der Waals surface area (Å²) in [5, 5.41) is 0. The fourth-order valence-corrected chi connectivity index (χ4v) is 1.46. The van der Waals surface area contributed by atoms with E-state index in [1.165, 1.54) is 13.0 Å². The maximum Gasteiger partial charge on any atom is 0.347 e. The zero-order valence-electron chi connectivity index (χ0n) is 11.3. The highest BCUT2D eigenvalue weighted by atomic mass is 16.6. The molecule has 0 bridgehead atoms. The van der Waals surface area contributed by atoms with Crippen LogP contribution in [0, 0.1) is 0 Å². The number of ether oxygens (including phenoxy) is 2. The summed E-state index contributed by atoms with van der Waals surface area (Å²) in [7, 11) is 0. The van der Waals surface area contributed by atoms with Crippen molar-refractivity contribution >= 4 is 11.9 Å². The first-order chi connectivity index (χ1) is 9.04. The number of allylic oxidation sites excluding steroid dienone is 1. The zero-order valence-corrected chi connectivity index (χ0v) is 11.3. The van der Waals surface area contributed by atoms with Gasteiger partial charge in [-0.1, -0.05) is 36.4 Å². The van der Waals surface area contributed by atoms with Crippen molar-refractivity contribution in [2.75, 3.05) is 0 Å². The van der Waals surface area contributed by atoms with Crippen molar-refractivity contribution in [3.05, 3.63) is 48.0 Å². The molecule has 19 heavy (non-hydrogen) atoms. The Hall–Kier alpha value is -2.10. The molecule has 0 amide bonds. The molecule has 0 saturated carbocycles. The highest BCUT2D eigenvalue weighted by Crippen LogP contribution is 2.17. The molecule has 0 aliphatic rings. The molecule has 0 aliphatic carbocycles. The number of hydrogen-bond donors (Lipinski definition) is 0. The van der Waals surface area contributed by atoms with E-state index in [1.54, 1.807) is 19.9 Å². The van der Waals surface area contributed by atoms with Crippen molar-refractivity contribution in [2.24, 2.45) is 0 Å². The summed E-state index contributed by atoms with van der Waals surface area (Å²) in [5.74, 6) is -1.12. The standard InChI is InChI=1S/C15H18O4/c1-4-8-14(16)18-12(3)15(17)19-11(2)13-9-6-5-7-10-13/h4-12H,1-3H3/b8-4+. The summed E-state index contributed by atoms with van der Waals surface area (Å²) in [5.41, 5.74) is 0.892. The molecule has 1 rings (SSSR count). The Bertz CT molecular complexity index is 450. The molecule has 4 heteroatoms. The first-order valence-corrected chi connectivity index (χ1v) is 6.13. The second kappa shape index (κ2) is 7.36. The molecule has 0 spiro atoms. The summed E-state index contributed by atoms with van der Waals surface area (Å²) in [6.07, 6.45) is 1.50. The highest BCUT2D eigenvalue weighted by Gasteiger charge is 2.21. The molecule has 0 fully saturated rings. The van der Waals surface area contributed by atoms with Crippen molar-refractivity contribution < 1.29 is 19.1 Å². The molecule has 2 unspecified atom stereocenters. The van der Waals surface area contributed by atoms with Gasteiger partial charge in [-0.25, -0.2) is 9.59 Å². The van der Waals surface area contributed by atoms with Crippen LogP contribution in [-0.4, -0.2) is 18.0 Å². The fraction of sp³-hybridized carbons (Fsp3) is 0.333. The SMILES string of the molecule is C/C=C/C(=O)OC(C)C(=O)OC(C)c1ccccc1. The molecule has 1 aromatic carbocycles. The quantitative estimate of drug-likeness (QED) is 0.605. The van der Waals surface area contributed by atoms with Gasteiger partial charge in [-0.3, -0.25) is 0 Å². The molecular weight excluding hydrogens is 244 g/mol. The van der Waals surface area contributed by atoms with E-state index >= 15 is 0 Å². The maximum atomic E-state index is 11.7. The van der Waals surface area contributed by atoms with Crippen LogP contribution in [0.2, 0.25) is 0 Å². The van der Waals surface area contributed by atoms with Crippen LogP contribution in [0.3, 0.4) is 0 Å². The van der Waals surface area contributed by atoms with Crippen molar-refractivity contribution in [1.29, 1.82) is 0 Å². The molecular formula is C15H18O4. The third-order valence-electron chi connectivity index (χ3n) is 2.49. The van der Waals surface area contributed by atoms with Gasteiger partial charge in [0.05, 0.1) is 0 Å². The lowest BCUT2D eigenvalue weighted by Gasteiger charge is -2.17. The highest BCUT2D eigenvalue weighted by molar-refractivity contribution is 5.85. The van der Waals surface area contributed by atoms with Gasteiger partial charge >= 0.3 is 11.9 Å². The Kier molecular flexibility index (Phi) is 5.79. The molecule has 102 valence electrons. The predicted octanol–water partition coefficient (Wildman–Crippen LogP) is 2.80. The second-order valence-electron chi connectivity index (χ2n) is 4.07. The van der Waals surface area contributed by atoms with Gasteiger partial charge in [0, 0.05) is 6.08 Å². The normalized spacial score (nSPS) is 13.8. The zero-order chi connectivity index (χ0) is 14.3. The monoisotopic (exact) mass is 262 g/mol. The van der Waals surface area contributed by atoms with E-state index in [9.17, 15) is 9.59 Å². The van der Waals surface area contributed by atoms with Crippen molar-refractivity contribution in [3.8, 4) is 0 Å². The van der Waals surface area contributed by atoms with E-state index in [0.29, 0.717) is 0 Å². The number of esters is 2. The van der Waals surface area contributed by atoms with Gasteiger partial charge in [0.25, 0.3) is 0 Å². The van der Waals surface area contributed by atoms with Crippen molar-refractivity contribution in [1.82, 2.24) is 0 Å².